The number of likely N-dealkylation sites (N-methyl/N-ethyl adjacent to an activating group) is 1. The van der Waals surface area contributed by atoms with Gasteiger partial charge in [0.05, 0.1) is 39.9 Å². The summed E-state index contributed by atoms with van der Waals surface area (Å²) < 4.78 is 22.9. The molecule has 370 valence electrons. The second kappa shape index (κ2) is 45.8. The molecule has 0 radical (unpaired) electrons. The number of unbranched alkanes of at least 4 members (excludes halogenated alkanes) is 21. The largest absolute Gasteiger partial charge is 0.756 e. The number of allylic oxidation sites excluding steroid dienone is 13. The Kier molecular flexibility index (Phi) is 44.2. The SMILES string of the molecule is CC/C=C\C/C=C\C/C=C\C/C=C\C/C=C\C/C=C\CCCCCCCCCCCCCCCCCCCCCCC(=O)NC(COP(=O)([O-])OCC[N+](C)(C)C)C(O)/C=C/CCC. The average molecular weight is 915 g/mol. The van der Waals surface area contributed by atoms with E-state index in [0.717, 1.165) is 70.6 Å². The molecule has 0 aromatic heterocycles. The minimum atomic E-state index is -4.57. The zero-order valence-electron chi connectivity index (χ0n) is 42.0. The Bertz CT molecular complexity index is 1310. The van der Waals surface area contributed by atoms with Crippen molar-refractivity contribution in [3.05, 3.63) is 85.1 Å². The third-order valence-electron chi connectivity index (χ3n) is 11.1. The number of carbonyl (C=O) groups is 1. The number of aliphatic hydroxyl groups excluding tert-OH is 1. The molecule has 0 saturated carbocycles. The Hall–Kier alpha value is -2.32. The summed E-state index contributed by atoms with van der Waals surface area (Å²) in [7, 11) is 1.25. The van der Waals surface area contributed by atoms with E-state index in [0.29, 0.717) is 17.4 Å². The summed E-state index contributed by atoms with van der Waals surface area (Å²) >= 11 is 0. The van der Waals surface area contributed by atoms with Gasteiger partial charge in [-0.3, -0.25) is 9.36 Å². The van der Waals surface area contributed by atoms with Crippen LogP contribution < -0.4 is 10.2 Å². The predicted molar refractivity (Wildman–Crippen MR) is 274 cm³/mol. The van der Waals surface area contributed by atoms with Crippen LogP contribution in [0.25, 0.3) is 0 Å². The topological polar surface area (TPSA) is 108 Å². The van der Waals surface area contributed by atoms with Gasteiger partial charge in [-0.15, -0.1) is 0 Å². The van der Waals surface area contributed by atoms with Crippen LogP contribution in [0.4, 0.5) is 0 Å². The van der Waals surface area contributed by atoms with Gasteiger partial charge in [-0.2, -0.15) is 0 Å². The number of hydrogen-bond donors (Lipinski definition) is 2. The third-order valence-corrected chi connectivity index (χ3v) is 12.1. The second-order valence-electron chi connectivity index (χ2n) is 18.5. The maximum absolute atomic E-state index is 12.7. The number of phosphoric acid groups is 1. The highest BCUT2D eigenvalue weighted by molar-refractivity contribution is 7.45. The number of rotatable bonds is 46. The molecule has 1 amide bonds. The van der Waals surface area contributed by atoms with E-state index in [2.05, 4.69) is 85.2 Å². The molecule has 0 bridgehead atoms. The lowest BCUT2D eigenvalue weighted by molar-refractivity contribution is -0.870. The number of nitrogens with zero attached hydrogens (tertiary/aromatic N) is 1. The first-order valence-corrected chi connectivity index (χ1v) is 27.4. The van der Waals surface area contributed by atoms with Crippen molar-refractivity contribution in [2.45, 2.75) is 219 Å². The van der Waals surface area contributed by atoms with Gasteiger partial charge in [0, 0.05) is 6.42 Å². The van der Waals surface area contributed by atoms with E-state index >= 15 is 0 Å². The molecule has 2 N–H and O–H groups in total. The van der Waals surface area contributed by atoms with E-state index < -0.39 is 20.0 Å². The molecule has 0 aromatic carbocycles. The summed E-state index contributed by atoms with van der Waals surface area (Å²) in [6.07, 6.45) is 64.9. The van der Waals surface area contributed by atoms with E-state index in [-0.39, 0.29) is 19.1 Å². The molecule has 9 heteroatoms. The minimum absolute atomic E-state index is 0.00411. The summed E-state index contributed by atoms with van der Waals surface area (Å²) in [6.45, 7) is 4.30. The average Bonchev–Trinajstić information content (AvgIpc) is 3.25. The fourth-order valence-corrected chi connectivity index (χ4v) is 7.77. The minimum Gasteiger partial charge on any atom is -0.756 e. The molecule has 64 heavy (non-hydrogen) atoms. The number of nitrogens with one attached hydrogen (secondary N) is 1. The van der Waals surface area contributed by atoms with Crippen molar-refractivity contribution in [2.24, 2.45) is 0 Å². The lowest BCUT2D eigenvalue weighted by atomic mass is 10.0. The molecule has 0 aliphatic carbocycles. The highest BCUT2D eigenvalue weighted by atomic mass is 31.2. The van der Waals surface area contributed by atoms with Gasteiger partial charge < -0.3 is 28.8 Å². The van der Waals surface area contributed by atoms with E-state index in [1.54, 1.807) is 6.08 Å². The molecule has 0 fully saturated rings. The monoisotopic (exact) mass is 915 g/mol. The summed E-state index contributed by atoms with van der Waals surface area (Å²) in [4.78, 5) is 25.0. The van der Waals surface area contributed by atoms with Crippen molar-refractivity contribution in [3.8, 4) is 0 Å². The second-order valence-corrected chi connectivity index (χ2v) is 19.9. The van der Waals surface area contributed by atoms with Gasteiger partial charge in [0.2, 0.25) is 5.91 Å². The van der Waals surface area contributed by atoms with Crippen LogP contribution in [0.2, 0.25) is 0 Å². The quantitative estimate of drug-likeness (QED) is 0.0273. The van der Waals surface area contributed by atoms with Gasteiger partial charge in [-0.05, 0) is 64.2 Å². The maximum atomic E-state index is 12.7. The zero-order valence-corrected chi connectivity index (χ0v) is 42.8. The normalized spacial score (nSPS) is 14.8. The van der Waals surface area contributed by atoms with Gasteiger partial charge in [-0.25, -0.2) is 0 Å². The van der Waals surface area contributed by atoms with Gasteiger partial charge in [0.25, 0.3) is 7.82 Å². The Labute approximate surface area is 395 Å². The van der Waals surface area contributed by atoms with Crippen LogP contribution in [0.3, 0.4) is 0 Å². The molecular formula is C55H99N2O6P. The van der Waals surface area contributed by atoms with Gasteiger partial charge >= 0.3 is 0 Å². The van der Waals surface area contributed by atoms with Gasteiger partial charge in [0.1, 0.15) is 13.2 Å². The first kappa shape index (κ1) is 61.7. The van der Waals surface area contributed by atoms with Crippen molar-refractivity contribution in [1.82, 2.24) is 5.32 Å². The van der Waals surface area contributed by atoms with Crippen LogP contribution in [0.1, 0.15) is 206 Å². The molecule has 8 nitrogen and oxygen atoms in total. The molecule has 0 saturated heterocycles. The van der Waals surface area contributed by atoms with Crippen LogP contribution in [-0.2, 0) is 18.4 Å². The first-order chi connectivity index (χ1) is 31.0. The molecule has 0 heterocycles. The van der Waals surface area contributed by atoms with Crippen LogP contribution in [0, 0.1) is 0 Å². The molecule has 0 aliphatic heterocycles. The number of amides is 1. The van der Waals surface area contributed by atoms with E-state index in [1.165, 1.54) is 116 Å². The summed E-state index contributed by atoms with van der Waals surface area (Å²) in [6, 6.07) is -0.883. The molecule has 0 rings (SSSR count). The van der Waals surface area contributed by atoms with Crippen molar-refractivity contribution in [3.63, 3.8) is 0 Å². The summed E-state index contributed by atoms with van der Waals surface area (Å²) in [5.74, 6) is -0.210. The molecule has 0 aliphatic rings. The number of carbonyl (C=O) groups excluding carboxylic acids is 1. The number of quaternary nitrogens is 1. The lowest BCUT2D eigenvalue weighted by Crippen LogP contribution is -2.45. The van der Waals surface area contributed by atoms with Crippen LogP contribution in [0.5, 0.6) is 0 Å². The Morgan fingerprint density at radius 1 is 0.562 bits per heavy atom. The van der Waals surface area contributed by atoms with Crippen molar-refractivity contribution in [1.29, 1.82) is 0 Å². The highest BCUT2D eigenvalue weighted by Crippen LogP contribution is 2.38. The molecular weight excluding hydrogens is 816 g/mol. The highest BCUT2D eigenvalue weighted by Gasteiger charge is 2.23. The fraction of sp³-hybridized carbons (Fsp3) is 0.727. The Morgan fingerprint density at radius 3 is 1.36 bits per heavy atom. The van der Waals surface area contributed by atoms with Crippen LogP contribution >= 0.6 is 7.82 Å². The summed E-state index contributed by atoms with van der Waals surface area (Å²) in [5, 5.41) is 13.4. The van der Waals surface area contributed by atoms with E-state index in [1.807, 2.05) is 34.1 Å². The maximum Gasteiger partial charge on any atom is 0.268 e. The standard InChI is InChI=1S/C55H99N2O6P/c1-6-8-10-11-12-13-14-15-16-17-18-19-20-21-22-23-24-25-26-27-28-29-30-31-32-33-34-35-36-37-38-39-40-41-42-43-44-45-47-49-55(59)56-53(54(58)48-46-9-7-2)52-63-64(60,61)62-51-50-57(3,4)5/h8,10,12-13,15-16,18-19,21-22,24-25,46,48,53-54,58H,6-7,9,11,14,17,20,23,26-45,47,49-52H2,1-5H3,(H-,56,59,60,61)/b10-8-,13-12-,16-15-,19-18-,22-21-,25-24-,48-46+. The number of hydrogen-bond acceptors (Lipinski definition) is 6. The van der Waals surface area contributed by atoms with Crippen LogP contribution in [-0.4, -0.2) is 68.5 Å². The van der Waals surface area contributed by atoms with Crippen molar-refractivity contribution >= 4 is 13.7 Å². The lowest BCUT2D eigenvalue weighted by Gasteiger charge is -2.29. The van der Waals surface area contributed by atoms with Crippen molar-refractivity contribution < 1.29 is 32.9 Å². The Morgan fingerprint density at radius 2 is 0.953 bits per heavy atom. The van der Waals surface area contributed by atoms with Gasteiger partial charge in [-0.1, -0.05) is 221 Å². The molecule has 3 atom stereocenters. The number of phosphoric ester groups is 1. The van der Waals surface area contributed by atoms with E-state index in [9.17, 15) is 19.4 Å². The van der Waals surface area contributed by atoms with Crippen molar-refractivity contribution in [2.75, 3.05) is 40.9 Å². The Balaban J connectivity index is 3.69. The van der Waals surface area contributed by atoms with Gasteiger partial charge in [0.15, 0.2) is 0 Å². The number of aliphatic hydroxyl groups is 1. The molecule has 0 aromatic rings. The predicted octanol–water partition coefficient (Wildman–Crippen LogP) is 14.7. The zero-order chi connectivity index (χ0) is 47.1. The van der Waals surface area contributed by atoms with Crippen LogP contribution in [0.15, 0.2) is 85.1 Å². The summed E-state index contributed by atoms with van der Waals surface area (Å²) in [5.41, 5.74) is 0. The first-order valence-electron chi connectivity index (χ1n) is 25.9. The molecule has 3 unspecified atom stereocenters. The smallest absolute Gasteiger partial charge is 0.268 e. The third kappa shape index (κ3) is 47.6. The fourth-order valence-electron chi connectivity index (χ4n) is 7.05. The molecule has 0 spiro atoms. The van der Waals surface area contributed by atoms with E-state index in [4.69, 9.17) is 9.05 Å².